The second-order valence-electron chi connectivity index (χ2n) is 6.83. The van der Waals surface area contributed by atoms with E-state index < -0.39 is 6.10 Å². The Morgan fingerprint density at radius 1 is 1.23 bits per heavy atom. The summed E-state index contributed by atoms with van der Waals surface area (Å²) in [6, 6.07) is 10.1. The van der Waals surface area contributed by atoms with E-state index in [0.29, 0.717) is 24.2 Å². The number of amides is 1. The molecule has 2 heterocycles. The van der Waals surface area contributed by atoms with Crippen LogP contribution in [-0.2, 0) is 16.2 Å². The predicted molar refractivity (Wildman–Crippen MR) is 93.9 cm³/mol. The molecular formula is C20H21FN2O3. The van der Waals surface area contributed by atoms with Crippen LogP contribution >= 0.6 is 0 Å². The maximum atomic E-state index is 13.4. The molecule has 1 unspecified atom stereocenters. The third-order valence-electron chi connectivity index (χ3n) is 5.06. The van der Waals surface area contributed by atoms with E-state index in [9.17, 15) is 9.18 Å². The summed E-state index contributed by atoms with van der Waals surface area (Å²) in [5.41, 5.74) is 1.26. The molecule has 1 aromatic heterocycles. The lowest BCUT2D eigenvalue weighted by molar-refractivity contribution is -0.145. The zero-order valence-electron chi connectivity index (χ0n) is 14.4. The summed E-state index contributed by atoms with van der Waals surface area (Å²) in [6.45, 7) is 0.436. The fourth-order valence-corrected chi connectivity index (χ4v) is 3.71. The summed E-state index contributed by atoms with van der Waals surface area (Å²) in [5.74, 6) is 0.350. The summed E-state index contributed by atoms with van der Waals surface area (Å²) in [6.07, 6.45) is 5.55. The Kier molecular flexibility index (Phi) is 4.73. The fraction of sp³-hybridized carbons (Fsp3) is 0.400. The Labute approximate surface area is 151 Å². The molecule has 1 aliphatic carbocycles. The van der Waals surface area contributed by atoms with Crippen molar-refractivity contribution in [2.24, 2.45) is 5.16 Å². The largest absolute Gasteiger partial charge is 0.467 e. The highest BCUT2D eigenvalue weighted by molar-refractivity contribution is 6.04. The number of carbonyl (C=O) groups is 1. The number of hydrogen-bond donors (Lipinski definition) is 0. The molecule has 0 radical (unpaired) electrons. The molecule has 0 spiro atoms. The maximum absolute atomic E-state index is 13.4. The minimum Gasteiger partial charge on any atom is -0.467 e. The molecule has 0 N–H and O–H groups in total. The van der Waals surface area contributed by atoms with Gasteiger partial charge in [0.1, 0.15) is 11.6 Å². The normalized spacial score (nSPS) is 20.0. The van der Waals surface area contributed by atoms with Crippen LogP contribution in [0.1, 0.15) is 43.4 Å². The van der Waals surface area contributed by atoms with Gasteiger partial charge in [0.25, 0.3) is 5.91 Å². The Bertz CT molecular complexity index is 797. The molecule has 4 rings (SSSR count). The van der Waals surface area contributed by atoms with Crippen molar-refractivity contribution in [2.75, 3.05) is 0 Å². The van der Waals surface area contributed by atoms with Gasteiger partial charge in [-0.3, -0.25) is 4.79 Å². The second-order valence-corrected chi connectivity index (χ2v) is 6.83. The summed E-state index contributed by atoms with van der Waals surface area (Å²) < 4.78 is 18.9. The summed E-state index contributed by atoms with van der Waals surface area (Å²) in [7, 11) is 0. The highest BCUT2D eigenvalue weighted by Crippen LogP contribution is 2.28. The zero-order valence-corrected chi connectivity index (χ0v) is 14.4. The average molecular weight is 356 g/mol. The van der Waals surface area contributed by atoms with Gasteiger partial charge in [0, 0.05) is 18.0 Å². The number of rotatable bonds is 5. The Morgan fingerprint density at radius 3 is 2.81 bits per heavy atom. The van der Waals surface area contributed by atoms with Gasteiger partial charge in [-0.25, -0.2) is 4.39 Å². The van der Waals surface area contributed by atoms with Crippen LogP contribution < -0.4 is 0 Å². The number of benzene rings is 1. The molecule has 1 aliphatic heterocycles. The van der Waals surface area contributed by atoms with E-state index in [-0.39, 0.29) is 17.8 Å². The van der Waals surface area contributed by atoms with Crippen molar-refractivity contribution in [2.45, 2.75) is 50.8 Å². The molecule has 136 valence electrons. The van der Waals surface area contributed by atoms with Crippen molar-refractivity contribution in [1.29, 1.82) is 0 Å². The first-order valence-corrected chi connectivity index (χ1v) is 9.02. The van der Waals surface area contributed by atoms with Crippen molar-refractivity contribution in [1.82, 2.24) is 4.90 Å². The van der Waals surface area contributed by atoms with E-state index in [1.165, 1.54) is 12.1 Å². The first kappa shape index (κ1) is 16.8. The minimum absolute atomic E-state index is 0.0801. The van der Waals surface area contributed by atoms with Crippen LogP contribution in [0, 0.1) is 5.82 Å². The van der Waals surface area contributed by atoms with Crippen LogP contribution in [0.4, 0.5) is 4.39 Å². The van der Waals surface area contributed by atoms with Gasteiger partial charge in [-0.15, -0.1) is 0 Å². The molecule has 5 nitrogen and oxygen atoms in total. The molecule has 0 saturated heterocycles. The van der Waals surface area contributed by atoms with Crippen LogP contribution in [0.5, 0.6) is 0 Å². The first-order chi connectivity index (χ1) is 12.7. The van der Waals surface area contributed by atoms with Gasteiger partial charge in [-0.1, -0.05) is 30.1 Å². The van der Waals surface area contributed by atoms with Crippen LogP contribution in [0.15, 0.2) is 52.2 Å². The quantitative estimate of drug-likeness (QED) is 0.817. The Morgan fingerprint density at radius 2 is 2.08 bits per heavy atom. The Hall–Kier alpha value is -2.63. The molecule has 0 bridgehead atoms. The molecular weight excluding hydrogens is 335 g/mol. The molecule has 1 saturated carbocycles. The van der Waals surface area contributed by atoms with Crippen LogP contribution in [-0.4, -0.2) is 28.7 Å². The highest BCUT2D eigenvalue weighted by atomic mass is 19.1. The summed E-state index contributed by atoms with van der Waals surface area (Å²) >= 11 is 0. The third kappa shape index (κ3) is 3.49. The van der Waals surface area contributed by atoms with Crippen molar-refractivity contribution in [3.63, 3.8) is 0 Å². The average Bonchev–Trinajstić information content (AvgIpc) is 3.41. The van der Waals surface area contributed by atoms with Gasteiger partial charge in [0.15, 0.2) is 0 Å². The molecule has 1 amide bonds. The standard InChI is InChI=1S/C20H21FN2O3/c21-15-6-3-5-14(11-15)18-12-19(26-22-18)20(24)23(16-7-1-2-8-16)13-17-9-4-10-25-17/h3-6,9-11,16,19H,1-2,7-8,12-13H2. The lowest BCUT2D eigenvalue weighted by atomic mass is 10.0. The highest BCUT2D eigenvalue weighted by Gasteiger charge is 2.36. The number of carbonyl (C=O) groups excluding carboxylic acids is 1. The number of oxime groups is 1. The zero-order chi connectivity index (χ0) is 17.9. The number of nitrogens with zero attached hydrogens (tertiary/aromatic N) is 2. The van der Waals surface area contributed by atoms with Gasteiger partial charge in [-0.05, 0) is 37.1 Å². The molecule has 26 heavy (non-hydrogen) atoms. The van der Waals surface area contributed by atoms with Crippen molar-refractivity contribution < 1.29 is 18.4 Å². The number of hydrogen-bond acceptors (Lipinski definition) is 4. The van der Waals surface area contributed by atoms with E-state index in [4.69, 9.17) is 9.25 Å². The van der Waals surface area contributed by atoms with Gasteiger partial charge < -0.3 is 14.2 Å². The number of furan rings is 1. The minimum atomic E-state index is -0.663. The number of halogens is 1. The lowest BCUT2D eigenvalue weighted by Crippen LogP contribution is -2.44. The van der Waals surface area contributed by atoms with Gasteiger partial charge >= 0.3 is 0 Å². The van der Waals surface area contributed by atoms with Crippen LogP contribution in [0.25, 0.3) is 0 Å². The maximum Gasteiger partial charge on any atom is 0.267 e. The fourth-order valence-electron chi connectivity index (χ4n) is 3.71. The van der Waals surface area contributed by atoms with Crippen LogP contribution in [0.2, 0.25) is 0 Å². The summed E-state index contributed by atoms with van der Waals surface area (Å²) in [5, 5.41) is 4.03. The van der Waals surface area contributed by atoms with Gasteiger partial charge in [0.05, 0.1) is 18.5 Å². The first-order valence-electron chi connectivity index (χ1n) is 9.02. The summed E-state index contributed by atoms with van der Waals surface area (Å²) in [4.78, 5) is 20.4. The third-order valence-corrected chi connectivity index (χ3v) is 5.06. The molecule has 6 heteroatoms. The van der Waals surface area contributed by atoms with Crippen molar-refractivity contribution in [3.8, 4) is 0 Å². The van der Waals surface area contributed by atoms with Gasteiger partial charge in [0.2, 0.25) is 6.10 Å². The predicted octanol–water partition coefficient (Wildman–Crippen LogP) is 3.88. The van der Waals surface area contributed by atoms with E-state index in [1.807, 2.05) is 17.0 Å². The second kappa shape index (κ2) is 7.32. The molecule has 1 atom stereocenters. The topological polar surface area (TPSA) is 55.0 Å². The van der Waals surface area contributed by atoms with E-state index in [1.54, 1.807) is 18.4 Å². The van der Waals surface area contributed by atoms with E-state index in [2.05, 4.69) is 5.16 Å². The molecule has 2 aromatic rings. The van der Waals surface area contributed by atoms with Crippen molar-refractivity contribution >= 4 is 11.6 Å². The molecule has 2 aliphatic rings. The lowest BCUT2D eigenvalue weighted by Gasteiger charge is -2.29. The van der Waals surface area contributed by atoms with E-state index >= 15 is 0 Å². The van der Waals surface area contributed by atoms with Crippen molar-refractivity contribution in [3.05, 3.63) is 59.8 Å². The monoisotopic (exact) mass is 356 g/mol. The van der Waals surface area contributed by atoms with Gasteiger partial charge in [-0.2, -0.15) is 0 Å². The Balaban J connectivity index is 1.48. The smallest absolute Gasteiger partial charge is 0.267 e. The SMILES string of the molecule is O=C(C1CC(c2cccc(F)c2)=NO1)N(Cc1ccco1)C1CCCC1. The van der Waals surface area contributed by atoms with Crippen LogP contribution in [0.3, 0.4) is 0 Å². The molecule has 1 fully saturated rings. The van der Waals surface area contributed by atoms with E-state index in [0.717, 1.165) is 31.4 Å². The molecule has 1 aromatic carbocycles.